The predicted octanol–water partition coefficient (Wildman–Crippen LogP) is 10.1. The van der Waals surface area contributed by atoms with Gasteiger partial charge in [-0.25, -0.2) is 4.68 Å². The molecule has 1 aliphatic heterocycles. The van der Waals surface area contributed by atoms with E-state index < -0.39 is 5.54 Å². The minimum atomic E-state index is -0.850. The molecule has 0 saturated heterocycles. The molecule has 0 fully saturated rings. The number of aryl methyl sites for hydroxylation is 2. The van der Waals surface area contributed by atoms with E-state index in [9.17, 15) is 20.2 Å². The van der Waals surface area contributed by atoms with E-state index in [2.05, 4.69) is 73.3 Å². The zero-order valence-electron chi connectivity index (χ0n) is 25.3. The maximum absolute atomic E-state index is 11.8. The SMILES string of the molecule is C.Cc1cc2c(Br)nn(C(c3ccccc3)(c3ccccc3)c3ccccc3)c2cc1[N+](=O)[O-].Cc1cc2c(cc1[N+](=O)[O-])CN=C2Br. The normalized spacial score (nSPS) is 12.0. The number of hydrogen-bond acceptors (Lipinski definition) is 6. The Hall–Kier alpha value is -5.00. The van der Waals surface area contributed by atoms with Crippen LogP contribution < -0.4 is 0 Å². The topological polar surface area (TPSA) is 116 Å². The fourth-order valence-corrected chi connectivity index (χ4v) is 7.05. The van der Waals surface area contributed by atoms with E-state index in [1.165, 1.54) is 0 Å². The third kappa shape index (κ3) is 6.07. The van der Waals surface area contributed by atoms with Crippen molar-refractivity contribution in [3.63, 3.8) is 0 Å². The molecule has 1 aliphatic rings. The number of hydrogen-bond donors (Lipinski definition) is 0. The molecule has 0 unspecified atom stereocenters. The van der Waals surface area contributed by atoms with Gasteiger partial charge in [-0.15, -0.1) is 0 Å². The zero-order valence-corrected chi connectivity index (χ0v) is 28.5. The molecule has 48 heavy (non-hydrogen) atoms. The largest absolute Gasteiger partial charge is 0.274 e. The minimum Gasteiger partial charge on any atom is -0.272 e. The third-order valence-corrected chi connectivity index (χ3v) is 9.53. The number of rotatable bonds is 6. The molecule has 0 saturated carbocycles. The first kappa shape index (κ1) is 34.3. The highest BCUT2D eigenvalue weighted by Crippen LogP contribution is 2.44. The lowest BCUT2D eigenvalue weighted by Gasteiger charge is -2.37. The van der Waals surface area contributed by atoms with Crippen LogP contribution in [0.1, 0.15) is 46.4 Å². The first-order valence-electron chi connectivity index (χ1n) is 14.6. The lowest BCUT2D eigenvalue weighted by atomic mass is 9.77. The van der Waals surface area contributed by atoms with Crippen molar-refractivity contribution in [2.24, 2.45) is 4.99 Å². The highest BCUT2D eigenvalue weighted by molar-refractivity contribution is 9.18. The Morgan fingerprint density at radius 3 is 1.65 bits per heavy atom. The third-order valence-electron chi connectivity index (χ3n) is 8.27. The van der Waals surface area contributed by atoms with Crippen LogP contribution in [-0.2, 0) is 12.1 Å². The summed E-state index contributed by atoms with van der Waals surface area (Å²) in [5.41, 5.74) is 6.21. The summed E-state index contributed by atoms with van der Waals surface area (Å²) in [7, 11) is 0. The van der Waals surface area contributed by atoms with Crippen LogP contribution in [0.4, 0.5) is 11.4 Å². The fourth-order valence-electron chi connectivity index (χ4n) is 6.08. The van der Waals surface area contributed by atoms with Gasteiger partial charge in [-0.1, -0.05) is 98.4 Å². The van der Waals surface area contributed by atoms with Crippen LogP contribution in [0.5, 0.6) is 0 Å². The highest BCUT2D eigenvalue weighted by atomic mass is 79.9. The Balaban J connectivity index is 0.000000252. The minimum absolute atomic E-state index is 0. The van der Waals surface area contributed by atoms with E-state index in [1.807, 2.05) is 65.3 Å². The monoisotopic (exact) mass is 767 g/mol. The molecule has 0 amide bonds. The number of nitro groups is 2. The number of nitrogens with zero attached hydrogens (tertiary/aromatic N) is 5. The molecule has 5 aromatic carbocycles. The van der Waals surface area contributed by atoms with Gasteiger partial charge >= 0.3 is 0 Å². The summed E-state index contributed by atoms with van der Waals surface area (Å²) in [6.45, 7) is 4.01. The molecule has 0 bridgehead atoms. The summed E-state index contributed by atoms with van der Waals surface area (Å²) in [5, 5.41) is 28.2. The van der Waals surface area contributed by atoms with Gasteiger partial charge in [-0.2, -0.15) is 5.10 Å². The average molecular weight is 769 g/mol. The molecule has 9 nitrogen and oxygen atoms in total. The molecule has 0 radical (unpaired) electrons. The molecule has 11 heteroatoms. The van der Waals surface area contributed by atoms with Crippen molar-refractivity contribution in [3.05, 3.63) is 179 Å². The van der Waals surface area contributed by atoms with Crippen LogP contribution in [-0.4, -0.2) is 24.2 Å². The maximum Gasteiger partial charge on any atom is 0.274 e. The van der Waals surface area contributed by atoms with Crippen molar-refractivity contribution in [1.29, 1.82) is 0 Å². The summed E-state index contributed by atoms with van der Waals surface area (Å²) in [6, 6.07) is 37.3. The lowest BCUT2D eigenvalue weighted by molar-refractivity contribution is -0.385. The van der Waals surface area contributed by atoms with Crippen molar-refractivity contribution in [1.82, 2.24) is 9.78 Å². The summed E-state index contributed by atoms with van der Waals surface area (Å²) in [5.74, 6) is 0. The van der Waals surface area contributed by atoms with Gasteiger partial charge in [0.05, 0.1) is 21.9 Å². The second kappa shape index (κ2) is 14.0. The Morgan fingerprint density at radius 1 is 0.708 bits per heavy atom. The smallest absolute Gasteiger partial charge is 0.272 e. The van der Waals surface area contributed by atoms with Gasteiger partial charge in [0.25, 0.3) is 11.4 Å². The van der Waals surface area contributed by atoms with E-state index >= 15 is 0 Å². The van der Waals surface area contributed by atoms with Crippen LogP contribution in [0.2, 0.25) is 0 Å². The molecular weight excluding hydrogens is 738 g/mol. The fraction of sp³-hybridized carbons (Fsp3) is 0.135. The predicted molar refractivity (Wildman–Crippen MR) is 197 cm³/mol. The molecule has 0 spiro atoms. The quantitative estimate of drug-likeness (QED) is 0.0950. The van der Waals surface area contributed by atoms with Gasteiger partial charge in [-0.05, 0) is 80.1 Å². The van der Waals surface area contributed by atoms with Crippen LogP contribution in [0.3, 0.4) is 0 Å². The van der Waals surface area contributed by atoms with Crippen LogP contribution >= 0.6 is 31.9 Å². The van der Waals surface area contributed by atoms with Crippen molar-refractivity contribution in [3.8, 4) is 0 Å². The van der Waals surface area contributed by atoms with Gasteiger partial charge in [0.1, 0.15) is 14.8 Å². The Morgan fingerprint density at radius 2 is 1.17 bits per heavy atom. The number of halogens is 2. The van der Waals surface area contributed by atoms with Gasteiger partial charge in [-0.3, -0.25) is 25.2 Å². The molecule has 7 rings (SSSR count). The van der Waals surface area contributed by atoms with Crippen LogP contribution in [0.15, 0.2) is 125 Å². The lowest BCUT2D eigenvalue weighted by Crippen LogP contribution is -2.38. The molecule has 1 aromatic heterocycles. The second-order valence-electron chi connectivity index (χ2n) is 11.1. The summed E-state index contributed by atoms with van der Waals surface area (Å²) < 4.78 is 3.34. The summed E-state index contributed by atoms with van der Waals surface area (Å²) in [6.07, 6.45) is 0. The summed E-state index contributed by atoms with van der Waals surface area (Å²) >= 11 is 6.93. The average Bonchev–Trinajstić information content (AvgIpc) is 3.60. The van der Waals surface area contributed by atoms with Gasteiger partial charge in [0.15, 0.2) is 0 Å². The highest BCUT2D eigenvalue weighted by Gasteiger charge is 2.41. The number of aromatic nitrogens is 2. The van der Waals surface area contributed by atoms with Crippen molar-refractivity contribution >= 4 is 58.8 Å². The first-order valence-corrected chi connectivity index (χ1v) is 16.2. The van der Waals surface area contributed by atoms with E-state index in [-0.39, 0.29) is 28.6 Å². The molecule has 0 N–H and O–H groups in total. The number of fused-ring (bicyclic) bond motifs is 2. The van der Waals surface area contributed by atoms with Crippen molar-refractivity contribution in [2.45, 2.75) is 33.4 Å². The standard InChI is InChI=1S/C27H20BrN3O2.C9H7BrN2O2.CH4/c1-19-17-23-25(18-24(19)31(32)33)30(29-26(23)28)27(20-11-5-2-6-12-20,21-13-7-3-8-14-21)22-15-9-4-10-16-22;1-5-2-7-6(4-11-9(7)10)3-8(5)12(13)14;/h2-18H,1H3;2-3H,4H2,1H3;1H4. The van der Waals surface area contributed by atoms with E-state index in [4.69, 9.17) is 5.10 Å². The van der Waals surface area contributed by atoms with Crippen molar-refractivity contribution in [2.75, 3.05) is 0 Å². The van der Waals surface area contributed by atoms with Crippen LogP contribution in [0.25, 0.3) is 10.9 Å². The molecular formula is C37H31Br2N5O4. The van der Waals surface area contributed by atoms with E-state index in [1.54, 1.807) is 32.0 Å². The zero-order chi connectivity index (χ0) is 33.3. The molecule has 2 heterocycles. The van der Waals surface area contributed by atoms with E-state index in [0.29, 0.717) is 27.8 Å². The number of nitro benzene ring substituents is 2. The van der Waals surface area contributed by atoms with Gasteiger partial charge < -0.3 is 0 Å². The maximum atomic E-state index is 11.8. The number of benzene rings is 5. The van der Waals surface area contributed by atoms with Gasteiger partial charge in [0, 0.05) is 34.2 Å². The van der Waals surface area contributed by atoms with Gasteiger partial charge in [0.2, 0.25) is 0 Å². The molecule has 0 aliphatic carbocycles. The Labute approximate surface area is 294 Å². The van der Waals surface area contributed by atoms with E-state index in [0.717, 1.165) is 37.8 Å². The second-order valence-corrected chi connectivity index (χ2v) is 12.6. The number of aliphatic imine (C=N–C) groups is 1. The van der Waals surface area contributed by atoms with Crippen LogP contribution in [0, 0.1) is 34.1 Å². The first-order chi connectivity index (χ1) is 22.6. The Bertz CT molecular complexity index is 2070. The molecule has 0 atom stereocenters. The molecule has 242 valence electrons. The Kier molecular flexibility index (Phi) is 10.0. The van der Waals surface area contributed by atoms with Crippen molar-refractivity contribution < 1.29 is 9.85 Å². The summed E-state index contributed by atoms with van der Waals surface area (Å²) in [4.78, 5) is 25.9. The molecule has 6 aromatic rings.